The highest BCUT2D eigenvalue weighted by Gasteiger charge is 2.34. The average Bonchev–Trinajstić information content (AvgIpc) is 2.95. The number of sulfonamides is 1. The molecule has 10 heteroatoms. The Balaban J connectivity index is 2.04. The fourth-order valence-electron chi connectivity index (χ4n) is 2.80. The summed E-state index contributed by atoms with van der Waals surface area (Å²) in [6, 6.07) is 4.35. The molecule has 3 N–H and O–H groups in total. The van der Waals surface area contributed by atoms with Gasteiger partial charge in [0.15, 0.2) is 0 Å². The third-order valence-electron chi connectivity index (χ3n) is 3.92. The summed E-state index contributed by atoms with van der Waals surface area (Å²) in [5.41, 5.74) is -0.372. The van der Waals surface area contributed by atoms with Crippen molar-refractivity contribution in [3.05, 3.63) is 39.2 Å². The second kappa shape index (κ2) is 6.19. The lowest BCUT2D eigenvalue weighted by Gasteiger charge is -2.17. The molecule has 0 aliphatic carbocycles. The van der Waals surface area contributed by atoms with E-state index in [0.29, 0.717) is 16.3 Å². The Morgan fingerprint density at radius 2 is 2.12 bits per heavy atom. The lowest BCUT2D eigenvalue weighted by atomic mass is 10.2. The number of carbonyl (C=O) groups is 1. The van der Waals surface area contributed by atoms with Gasteiger partial charge in [0, 0.05) is 40.6 Å². The monoisotopic (exact) mass is 415 g/mol. The second-order valence-corrected chi connectivity index (χ2v) is 8.29. The molecular formula is C14H14BrN3O5S. The Kier molecular flexibility index (Phi) is 4.37. The van der Waals surface area contributed by atoms with Crippen molar-refractivity contribution in [1.82, 2.24) is 14.6 Å². The molecule has 1 atom stereocenters. The van der Waals surface area contributed by atoms with E-state index >= 15 is 0 Å². The van der Waals surface area contributed by atoms with Crippen LogP contribution >= 0.6 is 15.9 Å². The van der Waals surface area contributed by atoms with E-state index < -0.39 is 22.2 Å². The third-order valence-corrected chi connectivity index (χ3v) is 6.32. The Morgan fingerprint density at radius 1 is 1.38 bits per heavy atom. The lowest BCUT2D eigenvalue weighted by Crippen LogP contribution is -2.37. The zero-order valence-electron chi connectivity index (χ0n) is 12.3. The van der Waals surface area contributed by atoms with Crippen LogP contribution in [-0.4, -0.2) is 48.0 Å². The molecule has 1 aliphatic rings. The molecule has 0 bridgehead atoms. The molecule has 1 amide bonds. The number of nitrogens with zero attached hydrogens (tertiary/aromatic N) is 1. The molecule has 0 saturated carbocycles. The predicted octanol–water partition coefficient (Wildman–Crippen LogP) is 1.32. The Morgan fingerprint density at radius 3 is 2.83 bits per heavy atom. The number of nitrogens with one attached hydrogen (secondary N) is 2. The van der Waals surface area contributed by atoms with Gasteiger partial charge in [-0.1, -0.05) is 15.9 Å². The van der Waals surface area contributed by atoms with E-state index in [-0.39, 0.29) is 28.9 Å². The highest BCUT2D eigenvalue weighted by molar-refractivity contribution is 9.10. The number of H-pyrrole nitrogens is 1. The molecule has 128 valence electrons. The van der Waals surface area contributed by atoms with Gasteiger partial charge in [0.2, 0.25) is 10.0 Å². The van der Waals surface area contributed by atoms with Gasteiger partial charge in [-0.05, 0) is 24.6 Å². The van der Waals surface area contributed by atoms with Gasteiger partial charge in [0.1, 0.15) is 4.90 Å². The van der Waals surface area contributed by atoms with E-state index in [9.17, 15) is 18.0 Å². The number of halogens is 1. The number of hydrogen-bond donors (Lipinski definition) is 3. The van der Waals surface area contributed by atoms with Crippen LogP contribution in [-0.2, 0) is 10.0 Å². The van der Waals surface area contributed by atoms with Crippen molar-refractivity contribution in [3.63, 3.8) is 0 Å². The molecule has 0 spiro atoms. The molecule has 0 radical (unpaired) electrons. The smallest absolute Gasteiger partial charge is 0.404 e. The van der Waals surface area contributed by atoms with E-state index in [0.717, 1.165) is 0 Å². The number of benzene rings is 1. The van der Waals surface area contributed by atoms with Gasteiger partial charge in [-0.3, -0.25) is 4.79 Å². The number of pyridine rings is 1. The summed E-state index contributed by atoms with van der Waals surface area (Å²) in [6.07, 6.45) is 0.402. The number of carboxylic acid groups (broad SMARTS) is 1. The first-order chi connectivity index (χ1) is 11.3. The lowest BCUT2D eigenvalue weighted by molar-refractivity contribution is 0.190. The summed E-state index contributed by atoms with van der Waals surface area (Å²) in [5, 5.41) is 11.7. The van der Waals surface area contributed by atoms with Crippen LogP contribution in [0.25, 0.3) is 10.8 Å². The van der Waals surface area contributed by atoms with Crippen LogP contribution in [0.5, 0.6) is 0 Å². The van der Waals surface area contributed by atoms with E-state index in [1.165, 1.54) is 10.5 Å². The minimum atomic E-state index is -3.86. The van der Waals surface area contributed by atoms with E-state index in [1.807, 2.05) is 0 Å². The molecule has 1 aliphatic heterocycles. The second-order valence-electron chi connectivity index (χ2n) is 5.47. The predicted molar refractivity (Wildman–Crippen MR) is 90.6 cm³/mol. The fraction of sp³-hybridized carbons (Fsp3) is 0.286. The summed E-state index contributed by atoms with van der Waals surface area (Å²) >= 11 is 3.28. The van der Waals surface area contributed by atoms with Gasteiger partial charge in [0.05, 0.1) is 0 Å². The molecule has 1 fully saturated rings. The highest BCUT2D eigenvalue weighted by atomic mass is 79.9. The molecule has 8 nitrogen and oxygen atoms in total. The molecule has 1 aromatic carbocycles. The van der Waals surface area contributed by atoms with Crippen molar-refractivity contribution in [2.24, 2.45) is 0 Å². The maximum atomic E-state index is 12.9. The third kappa shape index (κ3) is 3.04. The summed E-state index contributed by atoms with van der Waals surface area (Å²) in [7, 11) is -3.86. The van der Waals surface area contributed by atoms with Crippen molar-refractivity contribution in [2.75, 3.05) is 13.1 Å². The normalized spacial score (nSPS) is 18.8. The maximum absolute atomic E-state index is 12.9. The number of amides is 1. The standard InChI is InChI=1S/C14H14BrN3O5S/c15-8-1-2-10-11(5-8)12(6-16-13(10)19)24(22,23)18-4-3-9(7-18)17-14(20)21/h1-2,5-6,9,17H,3-4,7H2,(H,16,19)(H,20,21)/t9-/m0/s1. The molecular weight excluding hydrogens is 402 g/mol. The molecule has 3 rings (SSSR count). The van der Waals surface area contributed by atoms with Crippen molar-refractivity contribution >= 4 is 42.8 Å². The van der Waals surface area contributed by atoms with Gasteiger partial charge in [-0.25, -0.2) is 13.2 Å². The first kappa shape index (κ1) is 16.9. The van der Waals surface area contributed by atoms with Crippen LogP contribution in [0.1, 0.15) is 6.42 Å². The van der Waals surface area contributed by atoms with Crippen molar-refractivity contribution in [1.29, 1.82) is 0 Å². The first-order valence-corrected chi connectivity index (χ1v) is 9.33. The SMILES string of the molecule is O=C(O)N[C@H]1CCN(S(=O)(=O)c2c[nH]c(=O)c3ccc(Br)cc23)C1. The van der Waals surface area contributed by atoms with Crippen molar-refractivity contribution in [2.45, 2.75) is 17.4 Å². The van der Waals surface area contributed by atoms with E-state index in [1.54, 1.807) is 18.2 Å². The van der Waals surface area contributed by atoms with Gasteiger partial charge in [-0.2, -0.15) is 4.31 Å². The van der Waals surface area contributed by atoms with Gasteiger partial charge in [0.25, 0.3) is 5.56 Å². The van der Waals surface area contributed by atoms with Crippen molar-refractivity contribution in [3.8, 4) is 0 Å². The van der Waals surface area contributed by atoms with Crippen LogP contribution in [0.4, 0.5) is 4.79 Å². The van der Waals surface area contributed by atoms with E-state index in [2.05, 4.69) is 26.2 Å². The Hall–Kier alpha value is -1.91. The molecule has 1 aromatic heterocycles. The minimum absolute atomic E-state index is 0.00521. The number of aromatic amines is 1. The number of aromatic nitrogens is 1. The van der Waals surface area contributed by atoms with Crippen LogP contribution in [0.15, 0.2) is 38.6 Å². The summed E-state index contributed by atoms with van der Waals surface area (Å²) in [6.45, 7) is 0.269. The summed E-state index contributed by atoms with van der Waals surface area (Å²) < 4.78 is 27.7. The maximum Gasteiger partial charge on any atom is 0.404 e. The highest BCUT2D eigenvalue weighted by Crippen LogP contribution is 2.27. The Labute approximate surface area is 145 Å². The molecule has 24 heavy (non-hydrogen) atoms. The quantitative estimate of drug-likeness (QED) is 0.697. The largest absolute Gasteiger partial charge is 0.465 e. The van der Waals surface area contributed by atoms with Crippen LogP contribution < -0.4 is 10.9 Å². The van der Waals surface area contributed by atoms with Crippen molar-refractivity contribution < 1.29 is 18.3 Å². The van der Waals surface area contributed by atoms with Gasteiger partial charge in [-0.15, -0.1) is 0 Å². The molecule has 2 aromatic rings. The Bertz CT molecular complexity index is 972. The summed E-state index contributed by atoms with van der Waals surface area (Å²) in [5.74, 6) is 0. The topological polar surface area (TPSA) is 120 Å². The molecule has 1 saturated heterocycles. The molecule has 0 unspecified atom stereocenters. The van der Waals surface area contributed by atoms with Crippen LogP contribution in [0.3, 0.4) is 0 Å². The van der Waals surface area contributed by atoms with Crippen LogP contribution in [0.2, 0.25) is 0 Å². The number of fused-ring (bicyclic) bond motifs is 1. The minimum Gasteiger partial charge on any atom is -0.465 e. The van der Waals surface area contributed by atoms with E-state index in [4.69, 9.17) is 5.11 Å². The van der Waals surface area contributed by atoms with Gasteiger partial charge >= 0.3 is 6.09 Å². The zero-order valence-corrected chi connectivity index (χ0v) is 14.7. The first-order valence-electron chi connectivity index (χ1n) is 7.09. The van der Waals surface area contributed by atoms with Gasteiger partial charge < -0.3 is 15.4 Å². The number of rotatable bonds is 3. The average molecular weight is 416 g/mol. The zero-order chi connectivity index (χ0) is 17.5. The molecule has 2 heterocycles. The summed E-state index contributed by atoms with van der Waals surface area (Å²) in [4.78, 5) is 25.1. The van der Waals surface area contributed by atoms with Crippen LogP contribution in [0, 0.1) is 0 Å². The fourth-order valence-corrected chi connectivity index (χ4v) is 4.81. The number of hydrogen-bond acceptors (Lipinski definition) is 4.